The molecular weight excluding hydrogens is 278 g/mol. The molecule has 3 rings (SSSR count). The maximum atomic E-state index is 12.2. The Balaban J connectivity index is 1.65. The predicted molar refractivity (Wildman–Crippen MR) is 84.4 cm³/mol. The molecule has 0 radical (unpaired) electrons. The number of ether oxygens (including phenoxy) is 2. The predicted octanol–water partition coefficient (Wildman–Crippen LogP) is 2.95. The Kier molecular flexibility index (Phi) is 4.28. The van der Waals surface area contributed by atoms with Gasteiger partial charge in [0.2, 0.25) is 0 Å². The van der Waals surface area contributed by atoms with Gasteiger partial charge in [0, 0.05) is 12.1 Å². The van der Waals surface area contributed by atoms with E-state index in [1.165, 1.54) is 5.56 Å². The van der Waals surface area contributed by atoms with Crippen LogP contribution in [0.3, 0.4) is 0 Å². The van der Waals surface area contributed by atoms with Crippen LogP contribution in [0.1, 0.15) is 27.9 Å². The van der Waals surface area contributed by atoms with Crippen molar-refractivity contribution in [2.24, 2.45) is 0 Å². The second kappa shape index (κ2) is 6.52. The van der Waals surface area contributed by atoms with Crippen LogP contribution in [0.4, 0.5) is 0 Å². The Morgan fingerprint density at radius 1 is 1.27 bits per heavy atom. The van der Waals surface area contributed by atoms with Gasteiger partial charge in [-0.2, -0.15) is 0 Å². The number of carbonyl (C=O) groups excluding carboxylic acids is 1. The molecule has 1 aliphatic rings. The topological polar surface area (TPSA) is 47.6 Å². The van der Waals surface area contributed by atoms with Crippen molar-refractivity contribution >= 4 is 5.91 Å². The third-order valence-electron chi connectivity index (χ3n) is 3.76. The molecule has 0 bridgehead atoms. The third-order valence-corrected chi connectivity index (χ3v) is 3.76. The first-order chi connectivity index (χ1) is 10.8. The second-order valence-corrected chi connectivity index (χ2v) is 5.31. The van der Waals surface area contributed by atoms with E-state index in [0.29, 0.717) is 17.9 Å². The number of rotatable bonds is 4. The van der Waals surface area contributed by atoms with Crippen molar-refractivity contribution in [1.82, 2.24) is 5.32 Å². The molecule has 1 aliphatic heterocycles. The van der Waals surface area contributed by atoms with Crippen molar-refractivity contribution in [3.8, 4) is 11.5 Å². The molecule has 0 atom stereocenters. The summed E-state index contributed by atoms with van der Waals surface area (Å²) in [5.74, 6) is 1.54. The highest BCUT2D eigenvalue weighted by Crippen LogP contribution is 2.25. The van der Waals surface area contributed by atoms with Crippen molar-refractivity contribution < 1.29 is 14.3 Å². The number of methoxy groups -OCH3 is 1. The molecule has 0 unspecified atom stereocenters. The Hall–Kier alpha value is -2.49. The van der Waals surface area contributed by atoms with Gasteiger partial charge in [-0.05, 0) is 48.2 Å². The van der Waals surface area contributed by atoms with Crippen LogP contribution < -0.4 is 14.8 Å². The fraction of sp³-hybridized carbons (Fsp3) is 0.278. The maximum absolute atomic E-state index is 12.2. The summed E-state index contributed by atoms with van der Waals surface area (Å²) < 4.78 is 10.7. The quantitative estimate of drug-likeness (QED) is 0.944. The molecule has 1 amide bonds. The summed E-state index contributed by atoms with van der Waals surface area (Å²) >= 11 is 0. The molecule has 4 heteroatoms. The molecule has 1 N–H and O–H groups in total. The summed E-state index contributed by atoms with van der Waals surface area (Å²) in [4.78, 5) is 12.2. The molecule has 1 heterocycles. The zero-order valence-electron chi connectivity index (χ0n) is 12.6. The highest BCUT2D eigenvalue weighted by molar-refractivity contribution is 5.94. The van der Waals surface area contributed by atoms with Crippen molar-refractivity contribution in [2.75, 3.05) is 13.7 Å². The molecule has 2 aromatic carbocycles. The van der Waals surface area contributed by atoms with Gasteiger partial charge in [-0.3, -0.25) is 4.79 Å². The van der Waals surface area contributed by atoms with Crippen molar-refractivity contribution in [3.63, 3.8) is 0 Å². The lowest BCUT2D eigenvalue weighted by Crippen LogP contribution is -2.23. The van der Waals surface area contributed by atoms with Crippen LogP contribution in [0, 0.1) is 0 Å². The average Bonchev–Trinajstić information content (AvgIpc) is 2.59. The smallest absolute Gasteiger partial charge is 0.251 e. The van der Waals surface area contributed by atoms with Gasteiger partial charge in [0.15, 0.2) is 0 Å². The average molecular weight is 297 g/mol. The van der Waals surface area contributed by atoms with E-state index in [0.717, 1.165) is 30.8 Å². The van der Waals surface area contributed by atoms with E-state index in [1.807, 2.05) is 24.3 Å². The number of carbonyl (C=O) groups is 1. The molecule has 0 fully saturated rings. The summed E-state index contributed by atoms with van der Waals surface area (Å²) in [5.41, 5.74) is 2.90. The van der Waals surface area contributed by atoms with Gasteiger partial charge in [-0.25, -0.2) is 0 Å². The van der Waals surface area contributed by atoms with Crippen LogP contribution >= 0.6 is 0 Å². The fourth-order valence-electron chi connectivity index (χ4n) is 2.57. The zero-order valence-corrected chi connectivity index (χ0v) is 12.6. The molecule has 0 aliphatic carbocycles. The molecule has 22 heavy (non-hydrogen) atoms. The van der Waals surface area contributed by atoms with Crippen molar-refractivity contribution in [1.29, 1.82) is 0 Å². The van der Waals surface area contributed by atoms with Gasteiger partial charge in [-0.15, -0.1) is 0 Å². The monoisotopic (exact) mass is 297 g/mol. The minimum absolute atomic E-state index is 0.104. The van der Waals surface area contributed by atoms with Gasteiger partial charge in [-0.1, -0.05) is 18.2 Å². The molecule has 0 saturated carbocycles. The summed E-state index contributed by atoms with van der Waals surface area (Å²) in [6, 6.07) is 13.2. The molecule has 0 aromatic heterocycles. The standard InChI is InChI=1S/C18H19NO3/c1-21-16-6-2-4-15(11-16)18(20)19-12-13-7-8-17-14(10-13)5-3-9-22-17/h2,4,6-8,10-11H,3,5,9,12H2,1H3,(H,19,20). The van der Waals surface area contributed by atoms with E-state index < -0.39 is 0 Å². The summed E-state index contributed by atoms with van der Waals surface area (Å²) in [5, 5.41) is 2.94. The van der Waals surface area contributed by atoms with Gasteiger partial charge < -0.3 is 14.8 Å². The van der Waals surface area contributed by atoms with E-state index in [9.17, 15) is 4.79 Å². The number of amides is 1. The van der Waals surface area contributed by atoms with Crippen molar-refractivity contribution in [3.05, 3.63) is 59.2 Å². The minimum Gasteiger partial charge on any atom is -0.497 e. The fourth-order valence-corrected chi connectivity index (χ4v) is 2.57. The van der Waals surface area contributed by atoms with Gasteiger partial charge in [0.05, 0.1) is 13.7 Å². The van der Waals surface area contributed by atoms with Crippen LogP contribution in [0.15, 0.2) is 42.5 Å². The van der Waals surface area contributed by atoms with E-state index >= 15 is 0 Å². The maximum Gasteiger partial charge on any atom is 0.251 e. The number of fused-ring (bicyclic) bond motifs is 1. The van der Waals surface area contributed by atoms with Crippen LogP contribution in [-0.2, 0) is 13.0 Å². The molecular formula is C18H19NO3. The van der Waals surface area contributed by atoms with E-state index in [2.05, 4.69) is 11.4 Å². The Labute approximate surface area is 130 Å². The van der Waals surface area contributed by atoms with E-state index in [-0.39, 0.29) is 5.91 Å². The highest BCUT2D eigenvalue weighted by atomic mass is 16.5. The van der Waals surface area contributed by atoms with Gasteiger partial charge >= 0.3 is 0 Å². The zero-order chi connectivity index (χ0) is 15.4. The van der Waals surface area contributed by atoms with Gasteiger partial charge in [0.1, 0.15) is 11.5 Å². The molecule has 0 spiro atoms. The first-order valence-electron chi connectivity index (χ1n) is 7.43. The SMILES string of the molecule is COc1cccc(C(=O)NCc2ccc3c(c2)CCCO3)c1. The number of hydrogen-bond donors (Lipinski definition) is 1. The van der Waals surface area contributed by atoms with Crippen LogP contribution in [0.5, 0.6) is 11.5 Å². The van der Waals surface area contributed by atoms with Crippen LogP contribution in [0.25, 0.3) is 0 Å². The molecule has 0 saturated heterocycles. The second-order valence-electron chi connectivity index (χ2n) is 5.31. The lowest BCUT2D eigenvalue weighted by Gasteiger charge is -2.18. The lowest BCUT2D eigenvalue weighted by molar-refractivity contribution is 0.0950. The summed E-state index contributed by atoms with van der Waals surface area (Å²) in [7, 11) is 1.59. The summed E-state index contributed by atoms with van der Waals surface area (Å²) in [6.45, 7) is 1.29. The van der Waals surface area contributed by atoms with Crippen LogP contribution in [0.2, 0.25) is 0 Å². The number of nitrogens with one attached hydrogen (secondary N) is 1. The Morgan fingerprint density at radius 2 is 2.18 bits per heavy atom. The third kappa shape index (κ3) is 3.22. The lowest BCUT2D eigenvalue weighted by atomic mass is 10.0. The Bertz CT molecular complexity index is 682. The first kappa shape index (κ1) is 14.4. The van der Waals surface area contributed by atoms with Crippen LogP contribution in [-0.4, -0.2) is 19.6 Å². The van der Waals surface area contributed by atoms with Gasteiger partial charge in [0.25, 0.3) is 5.91 Å². The minimum atomic E-state index is -0.104. The number of hydrogen-bond acceptors (Lipinski definition) is 3. The Morgan fingerprint density at radius 3 is 3.05 bits per heavy atom. The largest absolute Gasteiger partial charge is 0.497 e. The molecule has 114 valence electrons. The van der Waals surface area contributed by atoms with Crippen molar-refractivity contribution in [2.45, 2.75) is 19.4 Å². The first-order valence-corrected chi connectivity index (χ1v) is 7.43. The van der Waals surface area contributed by atoms with E-state index in [1.54, 1.807) is 19.2 Å². The number of aryl methyl sites for hydroxylation is 1. The van der Waals surface area contributed by atoms with E-state index in [4.69, 9.17) is 9.47 Å². The number of benzene rings is 2. The highest BCUT2D eigenvalue weighted by Gasteiger charge is 2.11. The summed E-state index contributed by atoms with van der Waals surface area (Å²) in [6.07, 6.45) is 2.08. The normalized spacial score (nSPS) is 13.0. The molecule has 2 aromatic rings. The molecule has 4 nitrogen and oxygen atoms in total.